The van der Waals surface area contributed by atoms with Gasteiger partial charge in [0.25, 0.3) is 0 Å². The Kier molecular flexibility index (Phi) is 6.27. The Morgan fingerprint density at radius 1 is 1.32 bits per heavy atom. The topological polar surface area (TPSA) is 58.6 Å². The average Bonchev–Trinajstić information content (AvgIpc) is 2.73. The zero-order chi connectivity index (χ0) is 15.9. The van der Waals surface area contributed by atoms with Crippen LogP contribution in [-0.2, 0) is 16.1 Å². The summed E-state index contributed by atoms with van der Waals surface area (Å²) < 4.78 is 4.93. The van der Waals surface area contributed by atoms with E-state index in [9.17, 15) is 4.79 Å². The summed E-state index contributed by atoms with van der Waals surface area (Å²) >= 11 is 0. The third-order valence-corrected chi connectivity index (χ3v) is 3.84. The molecule has 122 valence electrons. The molecule has 0 aliphatic carbocycles. The monoisotopic (exact) mass is 306 g/mol. The molecular formula is C16H26N4O2. The van der Waals surface area contributed by atoms with Gasteiger partial charge in [0, 0.05) is 51.9 Å². The molecule has 6 heteroatoms. The van der Waals surface area contributed by atoms with Crippen LogP contribution < -0.4 is 0 Å². The maximum Gasteiger partial charge on any atom is 0.248 e. The number of ether oxygens (including phenoxy) is 1. The molecule has 0 aromatic carbocycles. The number of amides is 1. The minimum absolute atomic E-state index is 0.0773. The largest absolute Gasteiger partial charge is 0.375 e. The number of carbonyl (C=O) groups is 1. The number of carbonyl (C=O) groups excluding carboxylic acids is 1. The van der Waals surface area contributed by atoms with E-state index < -0.39 is 0 Å². The molecule has 1 aromatic heterocycles. The lowest BCUT2D eigenvalue weighted by Gasteiger charge is -2.21. The molecule has 1 saturated heterocycles. The molecule has 1 fully saturated rings. The highest BCUT2D eigenvalue weighted by Crippen LogP contribution is 2.11. The Morgan fingerprint density at radius 2 is 2.14 bits per heavy atom. The first-order valence-electron chi connectivity index (χ1n) is 7.91. The summed E-state index contributed by atoms with van der Waals surface area (Å²) in [6.45, 7) is 8.60. The smallest absolute Gasteiger partial charge is 0.248 e. The van der Waals surface area contributed by atoms with Crippen molar-refractivity contribution < 1.29 is 9.53 Å². The summed E-state index contributed by atoms with van der Waals surface area (Å²) in [5.74, 6) is 1.31. The van der Waals surface area contributed by atoms with E-state index in [-0.39, 0.29) is 12.5 Å². The average molecular weight is 306 g/mol. The lowest BCUT2D eigenvalue weighted by molar-refractivity contribution is -0.135. The van der Waals surface area contributed by atoms with Crippen LogP contribution in [0.3, 0.4) is 0 Å². The van der Waals surface area contributed by atoms with Crippen molar-refractivity contribution in [2.75, 3.05) is 39.9 Å². The van der Waals surface area contributed by atoms with Crippen LogP contribution in [0.5, 0.6) is 0 Å². The molecule has 1 aliphatic heterocycles. The Bertz CT molecular complexity index is 493. The Morgan fingerprint density at radius 3 is 2.86 bits per heavy atom. The predicted octanol–water partition coefficient (Wildman–Crippen LogP) is 1.28. The van der Waals surface area contributed by atoms with Crippen LogP contribution in [0.4, 0.5) is 0 Å². The van der Waals surface area contributed by atoms with Crippen molar-refractivity contribution in [2.45, 2.75) is 32.7 Å². The number of rotatable bonds is 5. The molecule has 2 rings (SSSR count). The maximum atomic E-state index is 11.9. The molecule has 0 spiro atoms. The van der Waals surface area contributed by atoms with E-state index in [0.29, 0.717) is 5.92 Å². The first-order chi connectivity index (χ1) is 10.6. The van der Waals surface area contributed by atoms with Gasteiger partial charge in [0.05, 0.1) is 5.69 Å². The molecule has 22 heavy (non-hydrogen) atoms. The second kappa shape index (κ2) is 8.19. The summed E-state index contributed by atoms with van der Waals surface area (Å²) in [6, 6.07) is 1.98. The van der Waals surface area contributed by atoms with Crippen LogP contribution in [-0.4, -0.2) is 65.6 Å². The minimum atomic E-state index is 0.0773. The van der Waals surface area contributed by atoms with Crippen LogP contribution in [0.2, 0.25) is 0 Å². The summed E-state index contributed by atoms with van der Waals surface area (Å²) in [5, 5.41) is 0. The number of hydrogen-bond donors (Lipinski definition) is 0. The van der Waals surface area contributed by atoms with Crippen LogP contribution in [0.25, 0.3) is 0 Å². The van der Waals surface area contributed by atoms with E-state index in [0.717, 1.165) is 50.7 Å². The van der Waals surface area contributed by atoms with E-state index in [2.05, 4.69) is 28.7 Å². The van der Waals surface area contributed by atoms with Gasteiger partial charge in [-0.2, -0.15) is 0 Å². The van der Waals surface area contributed by atoms with Crippen molar-refractivity contribution >= 4 is 5.91 Å². The van der Waals surface area contributed by atoms with Crippen molar-refractivity contribution in [3.8, 4) is 0 Å². The van der Waals surface area contributed by atoms with Gasteiger partial charge < -0.3 is 9.64 Å². The lowest BCUT2D eigenvalue weighted by atomic mass is 10.2. The van der Waals surface area contributed by atoms with E-state index >= 15 is 0 Å². The molecule has 0 N–H and O–H groups in total. The van der Waals surface area contributed by atoms with Gasteiger partial charge in [0.15, 0.2) is 0 Å². The summed E-state index contributed by atoms with van der Waals surface area (Å²) in [4.78, 5) is 25.1. The quantitative estimate of drug-likeness (QED) is 0.820. The van der Waals surface area contributed by atoms with Gasteiger partial charge in [0.1, 0.15) is 12.4 Å². The molecule has 1 aromatic rings. The first kappa shape index (κ1) is 16.8. The normalized spacial score (nSPS) is 16.8. The van der Waals surface area contributed by atoms with Crippen molar-refractivity contribution in [1.29, 1.82) is 0 Å². The van der Waals surface area contributed by atoms with Crippen molar-refractivity contribution in [3.05, 3.63) is 23.8 Å². The zero-order valence-electron chi connectivity index (χ0n) is 13.8. The van der Waals surface area contributed by atoms with Gasteiger partial charge >= 0.3 is 0 Å². The molecule has 0 atom stereocenters. The highest BCUT2D eigenvalue weighted by Gasteiger charge is 2.19. The third-order valence-electron chi connectivity index (χ3n) is 3.84. The number of methoxy groups -OCH3 is 1. The highest BCUT2D eigenvalue weighted by atomic mass is 16.5. The van der Waals surface area contributed by atoms with Gasteiger partial charge in [-0.1, -0.05) is 13.8 Å². The van der Waals surface area contributed by atoms with Crippen molar-refractivity contribution in [2.24, 2.45) is 0 Å². The Labute approximate surface area is 132 Å². The third kappa shape index (κ3) is 4.74. The lowest BCUT2D eigenvalue weighted by Crippen LogP contribution is -2.37. The fourth-order valence-electron chi connectivity index (χ4n) is 2.60. The van der Waals surface area contributed by atoms with Crippen LogP contribution >= 0.6 is 0 Å². The van der Waals surface area contributed by atoms with E-state index in [4.69, 9.17) is 4.74 Å². The fourth-order valence-corrected chi connectivity index (χ4v) is 2.60. The molecular weight excluding hydrogens is 280 g/mol. The van der Waals surface area contributed by atoms with Crippen LogP contribution in [0, 0.1) is 0 Å². The Balaban J connectivity index is 1.91. The molecule has 2 heterocycles. The molecule has 0 bridgehead atoms. The minimum Gasteiger partial charge on any atom is -0.375 e. The molecule has 1 aliphatic rings. The second-order valence-electron chi connectivity index (χ2n) is 6.00. The van der Waals surface area contributed by atoms with Crippen LogP contribution in [0.1, 0.15) is 37.7 Å². The molecule has 1 amide bonds. The van der Waals surface area contributed by atoms with Crippen molar-refractivity contribution in [1.82, 2.24) is 19.8 Å². The highest BCUT2D eigenvalue weighted by molar-refractivity contribution is 5.77. The number of nitrogens with zero attached hydrogens (tertiary/aromatic N) is 4. The first-order valence-corrected chi connectivity index (χ1v) is 7.91. The van der Waals surface area contributed by atoms with Crippen molar-refractivity contribution in [3.63, 3.8) is 0 Å². The van der Waals surface area contributed by atoms with E-state index in [1.165, 1.54) is 0 Å². The number of hydrogen-bond acceptors (Lipinski definition) is 5. The van der Waals surface area contributed by atoms with Gasteiger partial charge in [-0.15, -0.1) is 0 Å². The maximum absolute atomic E-state index is 11.9. The van der Waals surface area contributed by atoms with Crippen LogP contribution in [0.15, 0.2) is 12.3 Å². The molecule has 0 saturated carbocycles. The summed E-state index contributed by atoms with van der Waals surface area (Å²) in [5.41, 5.74) is 1.05. The molecule has 0 radical (unpaired) electrons. The zero-order valence-corrected chi connectivity index (χ0v) is 13.8. The SMILES string of the molecule is COCC(=O)N1CCCN(Cc2ccnc(C(C)C)n2)CC1. The standard InChI is InChI=1S/C16H26N4O2/c1-13(2)16-17-6-5-14(18-16)11-19-7-4-8-20(10-9-19)15(21)12-22-3/h5-6,13H,4,7-12H2,1-3H3. The van der Waals surface area contributed by atoms with E-state index in [1.807, 2.05) is 17.2 Å². The predicted molar refractivity (Wildman–Crippen MR) is 84.5 cm³/mol. The Hall–Kier alpha value is -1.53. The number of aromatic nitrogens is 2. The summed E-state index contributed by atoms with van der Waals surface area (Å²) in [6.07, 6.45) is 2.82. The van der Waals surface area contributed by atoms with Gasteiger partial charge in [-0.05, 0) is 12.5 Å². The summed E-state index contributed by atoms with van der Waals surface area (Å²) in [7, 11) is 1.56. The fraction of sp³-hybridized carbons (Fsp3) is 0.688. The molecule has 0 unspecified atom stereocenters. The van der Waals surface area contributed by atoms with Gasteiger partial charge in [-0.3, -0.25) is 9.69 Å². The molecule has 6 nitrogen and oxygen atoms in total. The second-order valence-corrected chi connectivity index (χ2v) is 6.00. The van der Waals surface area contributed by atoms with E-state index in [1.54, 1.807) is 7.11 Å². The van der Waals surface area contributed by atoms with Gasteiger partial charge in [-0.25, -0.2) is 9.97 Å². The van der Waals surface area contributed by atoms with Gasteiger partial charge in [0.2, 0.25) is 5.91 Å².